The minimum atomic E-state index is -0.343. The third kappa shape index (κ3) is 6.62. The molecule has 8 heteroatoms. The molecular formula is C20H22N2O5S. The molecule has 2 aromatic rings. The molecule has 0 saturated heterocycles. The van der Waals surface area contributed by atoms with Crippen LogP contribution in [-0.2, 0) is 14.3 Å². The van der Waals surface area contributed by atoms with Gasteiger partial charge in [-0.25, -0.2) is 0 Å². The van der Waals surface area contributed by atoms with Gasteiger partial charge in [-0.2, -0.15) is 0 Å². The van der Waals surface area contributed by atoms with Gasteiger partial charge in [0.05, 0.1) is 31.2 Å². The number of ether oxygens (including phenoxy) is 2. The Kier molecular flexibility index (Phi) is 8.36. The zero-order valence-corrected chi connectivity index (χ0v) is 16.5. The van der Waals surface area contributed by atoms with E-state index in [1.54, 1.807) is 55.6 Å². The molecule has 28 heavy (non-hydrogen) atoms. The maximum Gasteiger partial charge on any atom is 0.315 e. The Morgan fingerprint density at radius 1 is 1.00 bits per heavy atom. The SMILES string of the molecule is COC(=O)CSCCC(=O)Nc1ccccc1C(=O)Nc1cccc(OC)c1. The monoisotopic (exact) mass is 402 g/mol. The fraction of sp³-hybridized carbons (Fsp3) is 0.250. The van der Waals surface area contributed by atoms with Gasteiger partial charge in [-0.3, -0.25) is 14.4 Å². The Morgan fingerprint density at radius 3 is 2.54 bits per heavy atom. The third-order valence-corrected chi connectivity index (χ3v) is 4.63. The number of methoxy groups -OCH3 is 2. The second-order valence-corrected chi connectivity index (χ2v) is 6.76. The van der Waals surface area contributed by atoms with Gasteiger partial charge in [-0.15, -0.1) is 11.8 Å². The summed E-state index contributed by atoms with van der Waals surface area (Å²) in [5.74, 6) is 0.389. The van der Waals surface area contributed by atoms with Crippen molar-refractivity contribution in [1.29, 1.82) is 0 Å². The zero-order valence-electron chi connectivity index (χ0n) is 15.7. The lowest BCUT2D eigenvalue weighted by Gasteiger charge is -2.12. The van der Waals surface area contributed by atoms with Crippen LogP contribution in [0.25, 0.3) is 0 Å². The Morgan fingerprint density at radius 2 is 1.79 bits per heavy atom. The number of nitrogens with one attached hydrogen (secondary N) is 2. The Labute approximate surface area is 167 Å². The van der Waals surface area contributed by atoms with Gasteiger partial charge < -0.3 is 20.1 Å². The molecule has 0 fully saturated rings. The first-order valence-corrected chi connectivity index (χ1v) is 9.67. The number of amides is 2. The predicted octanol–water partition coefficient (Wildman–Crippen LogP) is 3.18. The molecule has 2 aromatic carbocycles. The van der Waals surface area contributed by atoms with E-state index in [9.17, 15) is 14.4 Å². The summed E-state index contributed by atoms with van der Waals surface area (Å²) < 4.78 is 9.69. The smallest absolute Gasteiger partial charge is 0.315 e. The minimum Gasteiger partial charge on any atom is -0.497 e. The molecule has 0 saturated carbocycles. The second-order valence-electron chi connectivity index (χ2n) is 5.66. The van der Waals surface area contributed by atoms with Gasteiger partial charge in [0.2, 0.25) is 5.91 Å². The fourth-order valence-corrected chi connectivity index (χ4v) is 3.04. The summed E-state index contributed by atoms with van der Waals surface area (Å²) in [4.78, 5) is 35.8. The summed E-state index contributed by atoms with van der Waals surface area (Å²) in [7, 11) is 2.87. The topological polar surface area (TPSA) is 93.7 Å². The van der Waals surface area contributed by atoms with E-state index in [1.165, 1.54) is 18.9 Å². The lowest BCUT2D eigenvalue weighted by molar-refractivity contribution is -0.137. The number of anilines is 2. The van der Waals surface area contributed by atoms with E-state index >= 15 is 0 Å². The van der Waals surface area contributed by atoms with Crippen LogP contribution in [0.5, 0.6) is 5.75 Å². The van der Waals surface area contributed by atoms with Crippen LogP contribution < -0.4 is 15.4 Å². The van der Waals surface area contributed by atoms with E-state index in [2.05, 4.69) is 15.4 Å². The first kappa shape index (κ1) is 21.3. The summed E-state index contributed by atoms with van der Waals surface area (Å²) in [5.41, 5.74) is 1.36. The normalized spacial score (nSPS) is 10.1. The molecule has 0 heterocycles. The van der Waals surface area contributed by atoms with Gasteiger partial charge in [0.15, 0.2) is 0 Å². The summed E-state index contributed by atoms with van der Waals surface area (Å²) in [6.45, 7) is 0. The van der Waals surface area contributed by atoms with Crippen molar-refractivity contribution in [3.8, 4) is 5.75 Å². The molecule has 148 valence electrons. The first-order chi connectivity index (χ1) is 13.5. The van der Waals surface area contributed by atoms with Crippen LogP contribution in [0.2, 0.25) is 0 Å². The molecule has 2 amide bonds. The average Bonchev–Trinajstić information content (AvgIpc) is 2.71. The molecule has 0 spiro atoms. The number of hydrogen-bond acceptors (Lipinski definition) is 6. The maximum absolute atomic E-state index is 12.6. The number of benzene rings is 2. The molecule has 0 aliphatic rings. The molecule has 2 N–H and O–H groups in total. The van der Waals surface area contributed by atoms with Crippen molar-refractivity contribution in [2.75, 3.05) is 36.4 Å². The highest BCUT2D eigenvalue weighted by Gasteiger charge is 2.14. The molecule has 0 aliphatic heterocycles. The number of rotatable bonds is 9. The highest BCUT2D eigenvalue weighted by Crippen LogP contribution is 2.20. The summed E-state index contributed by atoms with van der Waals surface area (Å²) in [6.07, 6.45) is 0.216. The standard InChI is InChI=1S/C20H22N2O5S/c1-26-15-7-5-6-14(12-15)21-20(25)16-8-3-4-9-17(16)22-18(23)10-11-28-13-19(24)27-2/h3-9,12H,10-11,13H2,1-2H3,(H,21,25)(H,22,23). The molecule has 0 atom stereocenters. The highest BCUT2D eigenvalue weighted by atomic mass is 32.2. The maximum atomic E-state index is 12.6. The van der Waals surface area contributed by atoms with Gasteiger partial charge in [0, 0.05) is 23.9 Å². The number of para-hydroxylation sites is 1. The third-order valence-electron chi connectivity index (χ3n) is 3.69. The van der Waals surface area contributed by atoms with Crippen molar-refractivity contribution < 1.29 is 23.9 Å². The van der Waals surface area contributed by atoms with Crippen LogP contribution in [0.4, 0.5) is 11.4 Å². The van der Waals surface area contributed by atoms with Gasteiger partial charge in [0.25, 0.3) is 5.91 Å². The molecule has 0 bridgehead atoms. The lowest BCUT2D eigenvalue weighted by atomic mass is 10.1. The lowest BCUT2D eigenvalue weighted by Crippen LogP contribution is -2.18. The van der Waals surface area contributed by atoms with Crippen molar-refractivity contribution in [2.45, 2.75) is 6.42 Å². The van der Waals surface area contributed by atoms with E-state index in [1.807, 2.05) is 0 Å². The quantitative estimate of drug-likeness (QED) is 0.494. The van der Waals surface area contributed by atoms with Crippen LogP contribution in [0.3, 0.4) is 0 Å². The van der Waals surface area contributed by atoms with Crippen LogP contribution in [0, 0.1) is 0 Å². The number of hydrogen-bond donors (Lipinski definition) is 2. The van der Waals surface area contributed by atoms with Crippen molar-refractivity contribution in [2.24, 2.45) is 0 Å². The van der Waals surface area contributed by atoms with Crippen LogP contribution in [0.15, 0.2) is 48.5 Å². The van der Waals surface area contributed by atoms with Crippen LogP contribution in [0.1, 0.15) is 16.8 Å². The second kappa shape index (κ2) is 11.0. The van der Waals surface area contributed by atoms with E-state index < -0.39 is 0 Å². The molecule has 0 radical (unpaired) electrons. The summed E-state index contributed by atoms with van der Waals surface area (Å²) >= 11 is 1.31. The Hall–Kier alpha value is -3.00. The fourth-order valence-electron chi connectivity index (χ4n) is 2.28. The molecule has 7 nitrogen and oxygen atoms in total. The van der Waals surface area contributed by atoms with Gasteiger partial charge in [0.1, 0.15) is 5.75 Å². The number of carbonyl (C=O) groups excluding carboxylic acids is 3. The highest BCUT2D eigenvalue weighted by molar-refractivity contribution is 7.99. The largest absolute Gasteiger partial charge is 0.497 e. The predicted molar refractivity (Wildman–Crippen MR) is 110 cm³/mol. The van der Waals surface area contributed by atoms with Gasteiger partial charge >= 0.3 is 5.97 Å². The average molecular weight is 402 g/mol. The van der Waals surface area contributed by atoms with Crippen molar-refractivity contribution in [1.82, 2.24) is 0 Å². The van der Waals surface area contributed by atoms with Crippen molar-refractivity contribution in [3.63, 3.8) is 0 Å². The van der Waals surface area contributed by atoms with Crippen molar-refractivity contribution in [3.05, 3.63) is 54.1 Å². The Balaban J connectivity index is 1.96. The van der Waals surface area contributed by atoms with Crippen LogP contribution >= 0.6 is 11.8 Å². The molecular weight excluding hydrogens is 380 g/mol. The molecule has 0 aliphatic carbocycles. The van der Waals surface area contributed by atoms with E-state index in [4.69, 9.17) is 4.74 Å². The van der Waals surface area contributed by atoms with Crippen LogP contribution in [-0.4, -0.2) is 43.5 Å². The number of thioether (sulfide) groups is 1. The zero-order chi connectivity index (χ0) is 20.4. The van der Waals surface area contributed by atoms with E-state index in [-0.39, 0.29) is 30.0 Å². The molecule has 0 unspecified atom stereocenters. The summed E-state index contributed by atoms with van der Waals surface area (Å²) in [6, 6.07) is 13.8. The van der Waals surface area contributed by atoms with Gasteiger partial charge in [-0.1, -0.05) is 18.2 Å². The molecule has 2 rings (SSSR count). The van der Waals surface area contributed by atoms with Crippen molar-refractivity contribution >= 4 is 40.9 Å². The first-order valence-electron chi connectivity index (χ1n) is 8.52. The van der Waals surface area contributed by atoms with E-state index in [0.29, 0.717) is 28.4 Å². The minimum absolute atomic E-state index is 0.198. The number of carbonyl (C=O) groups is 3. The number of esters is 1. The van der Waals surface area contributed by atoms with E-state index in [0.717, 1.165) is 0 Å². The van der Waals surface area contributed by atoms with Gasteiger partial charge in [-0.05, 0) is 24.3 Å². The Bertz CT molecular complexity index is 841. The summed E-state index contributed by atoms with van der Waals surface area (Å²) in [5, 5.41) is 5.54. The molecule has 0 aromatic heterocycles.